The fourth-order valence-corrected chi connectivity index (χ4v) is 2.86. The first-order valence-electron chi connectivity index (χ1n) is 7.94. The summed E-state index contributed by atoms with van der Waals surface area (Å²) in [6, 6.07) is 12.2. The van der Waals surface area contributed by atoms with Gasteiger partial charge in [-0.05, 0) is 62.1 Å². The predicted molar refractivity (Wildman–Crippen MR) is 95.4 cm³/mol. The summed E-state index contributed by atoms with van der Waals surface area (Å²) < 4.78 is 8.05. The lowest BCUT2D eigenvalue weighted by Gasteiger charge is -2.10. The average Bonchev–Trinajstić information content (AvgIpc) is 2.95. The highest BCUT2D eigenvalue weighted by atomic mass is 35.5. The predicted octanol–water partition coefficient (Wildman–Crippen LogP) is 5.17. The normalized spacial score (nSPS) is 11.1. The Morgan fingerprint density at radius 2 is 1.83 bits per heavy atom. The maximum atomic E-state index is 6.17. The largest absolute Gasteiger partial charge is 0.494 e. The third-order valence-electron chi connectivity index (χ3n) is 4.00. The van der Waals surface area contributed by atoms with Crippen molar-refractivity contribution in [2.75, 3.05) is 6.61 Å². The summed E-state index contributed by atoms with van der Waals surface area (Å²) in [5.74, 6) is 0.900. The number of hydrogen-bond donors (Lipinski definition) is 0. The molecule has 0 N–H and O–H groups in total. The van der Waals surface area contributed by atoms with Crippen molar-refractivity contribution in [3.63, 3.8) is 0 Å². The fraction of sp³-hybridized carbons (Fsp3) is 0.316. The van der Waals surface area contributed by atoms with Crippen molar-refractivity contribution in [3.05, 3.63) is 58.9 Å². The molecule has 1 aromatic heterocycles. The highest BCUT2D eigenvalue weighted by Gasteiger charge is 2.04. The second-order valence-electron chi connectivity index (χ2n) is 5.85. The molecule has 2 aromatic carbocycles. The molecule has 1 heterocycles. The number of aryl methyl sites for hydroxylation is 3. The van der Waals surface area contributed by atoms with Crippen LogP contribution in [0.2, 0.25) is 5.02 Å². The molecule has 0 aliphatic heterocycles. The number of aromatic nitrogens is 2. The second kappa shape index (κ2) is 7.05. The van der Waals surface area contributed by atoms with Crippen molar-refractivity contribution in [3.8, 4) is 5.75 Å². The molecule has 0 amide bonds. The Bertz CT molecular complexity index is 787. The van der Waals surface area contributed by atoms with Gasteiger partial charge in [0.05, 0.1) is 24.0 Å². The number of benzene rings is 2. The van der Waals surface area contributed by atoms with E-state index in [0.717, 1.165) is 46.8 Å². The molecule has 120 valence electrons. The van der Waals surface area contributed by atoms with Crippen LogP contribution in [0.5, 0.6) is 5.75 Å². The molecule has 0 saturated heterocycles. The van der Waals surface area contributed by atoms with Crippen LogP contribution in [0, 0.1) is 13.8 Å². The van der Waals surface area contributed by atoms with Gasteiger partial charge in [0.25, 0.3) is 0 Å². The van der Waals surface area contributed by atoms with Gasteiger partial charge in [0.2, 0.25) is 0 Å². The molecule has 0 saturated carbocycles. The Labute approximate surface area is 141 Å². The minimum atomic E-state index is 0.715. The lowest BCUT2D eigenvalue weighted by Crippen LogP contribution is -2.02. The minimum absolute atomic E-state index is 0.715. The lowest BCUT2D eigenvalue weighted by molar-refractivity contribution is 0.303. The van der Waals surface area contributed by atoms with Crippen molar-refractivity contribution in [2.45, 2.75) is 33.2 Å². The Morgan fingerprint density at radius 3 is 2.61 bits per heavy atom. The van der Waals surface area contributed by atoms with Crippen LogP contribution in [-0.4, -0.2) is 16.2 Å². The van der Waals surface area contributed by atoms with Crippen LogP contribution < -0.4 is 4.74 Å². The number of hydrogen-bond acceptors (Lipinski definition) is 2. The Kier molecular flexibility index (Phi) is 4.87. The number of para-hydroxylation sites is 2. The molecule has 0 unspecified atom stereocenters. The molecule has 0 spiro atoms. The summed E-state index contributed by atoms with van der Waals surface area (Å²) in [5.41, 5.74) is 4.37. The van der Waals surface area contributed by atoms with Crippen molar-refractivity contribution in [1.82, 2.24) is 9.55 Å². The van der Waals surface area contributed by atoms with E-state index < -0.39 is 0 Å². The number of unbranched alkanes of at least 4 members (excludes halogenated alkanes) is 1. The van der Waals surface area contributed by atoms with Crippen molar-refractivity contribution in [1.29, 1.82) is 0 Å². The van der Waals surface area contributed by atoms with E-state index in [1.54, 1.807) is 0 Å². The number of nitrogens with zero attached hydrogens (tertiary/aromatic N) is 2. The maximum Gasteiger partial charge on any atom is 0.119 e. The van der Waals surface area contributed by atoms with Crippen molar-refractivity contribution >= 4 is 22.6 Å². The SMILES string of the molecule is Cc1cc(OCCCCn2cnc3ccccc32)cc(C)c1Cl. The van der Waals surface area contributed by atoms with Gasteiger partial charge in [0.1, 0.15) is 5.75 Å². The summed E-state index contributed by atoms with van der Waals surface area (Å²) in [6.45, 7) is 5.69. The van der Waals surface area contributed by atoms with Gasteiger partial charge in [-0.2, -0.15) is 0 Å². The van der Waals surface area contributed by atoms with Gasteiger partial charge in [-0.15, -0.1) is 0 Å². The van der Waals surface area contributed by atoms with Gasteiger partial charge in [-0.25, -0.2) is 4.98 Å². The molecule has 0 fully saturated rings. The van der Waals surface area contributed by atoms with Crippen molar-refractivity contribution < 1.29 is 4.74 Å². The van der Waals surface area contributed by atoms with E-state index >= 15 is 0 Å². The van der Waals surface area contributed by atoms with Gasteiger partial charge in [0.15, 0.2) is 0 Å². The van der Waals surface area contributed by atoms with Crippen LogP contribution in [0.4, 0.5) is 0 Å². The van der Waals surface area contributed by atoms with Crippen LogP contribution in [0.3, 0.4) is 0 Å². The molecule has 23 heavy (non-hydrogen) atoms. The van der Waals surface area contributed by atoms with Crippen LogP contribution in [0.1, 0.15) is 24.0 Å². The third kappa shape index (κ3) is 3.67. The smallest absolute Gasteiger partial charge is 0.119 e. The Balaban J connectivity index is 1.49. The first kappa shape index (κ1) is 15.9. The molecule has 3 nitrogen and oxygen atoms in total. The summed E-state index contributed by atoms with van der Waals surface area (Å²) in [6.07, 6.45) is 3.98. The average molecular weight is 329 g/mol. The number of rotatable bonds is 6. The third-order valence-corrected chi connectivity index (χ3v) is 4.60. The first-order chi connectivity index (χ1) is 11.1. The molecule has 3 rings (SSSR count). The van der Waals surface area contributed by atoms with Crippen LogP contribution in [-0.2, 0) is 6.54 Å². The number of ether oxygens (including phenoxy) is 1. The van der Waals surface area contributed by atoms with E-state index in [0.29, 0.717) is 6.61 Å². The topological polar surface area (TPSA) is 27.1 Å². The van der Waals surface area contributed by atoms with Gasteiger partial charge in [-0.1, -0.05) is 23.7 Å². The molecule has 3 aromatic rings. The quantitative estimate of drug-likeness (QED) is 0.584. The second-order valence-corrected chi connectivity index (χ2v) is 6.23. The number of fused-ring (bicyclic) bond motifs is 1. The van der Waals surface area contributed by atoms with E-state index in [4.69, 9.17) is 16.3 Å². The molecule has 0 bridgehead atoms. The lowest BCUT2D eigenvalue weighted by atomic mass is 10.1. The number of imidazole rings is 1. The zero-order valence-corrected chi connectivity index (χ0v) is 14.3. The van der Waals surface area contributed by atoms with Gasteiger partial charge < -0.3 is 9.30 Å². The monoisotopic (exact) mass is 328 g/mol. The fourth-order valence-electron chi connectivity index (χ4n) is 2.75. The Hall–Kier alpha value is -2.00. The summed E-state index contributed by atoms with van der Waals surface area (Å²) >= 11 is 6.17. The first-order valence-corrected chi connectivity index (χ1v) is 8.32. The van der Waals surface area contributed by atoms with E-state index in [9.17, 15) is 0 Å². The van der Waals surface area contributed by atoms with E-state index in [1.807, 2.05) is 44.4 Å². The molecular weight excluding hydrogens is 308 g/mol. The minimum Gasteiger partial charge on any atom is -0.494 e. The van der Waals surface area contributed by atoms with E-state index in [1.165, 1.54) is 5.52 Å². The van der Waals surface area contributed by atoms with Crippen molar-refractivity contribution in [2.24, 2.45) is 0 Å². The molecule has 0 radical (unpaired) electrons. The molecule has 4 heteroatoms. The zero-order valence-electron chi connectivity index (χ0n) is 13.6. The molecule has 0 aliphatic carbocycles. The molecule has 0 aliphatic rings. The van der Waals surface area contributed by atoms with Crippen LogP contribution >= 0.6 is 11.6 Å². The zero-order chi connectivity index (χ0) is 16.2. The standard InChI is InChI=1S/C19H21ClN2O/c1-14-11-16(12-15(2)19(14)20)23-10-6-5-9-22-13-21-17-7-3-4-8-18(17)22/h3-4,7-8,11-13H,5-6,9-10H2,1-2H3. The highest BCUT2D eigenvalue weighted by molar-refractivity contribution is 6.32. The maximum absolute atomic E-state index is 6.17. The summed E-state index contributed by atoms with van der Waals surface area (Å²) in [7, 11) is 0. The molecule has 0 atom stereocenters. The van der Waals surface area contributed by atoms with E-state index in [-0.39, 0.29) is 0 Å². The Morgan fingerprint density at radius 1 is 1.09 bits per heavy atom. The van der Waals surface area contributed by atoms with Gasteiger partial charge in [0, 0.05) is 11.6 Å². The van der Waals surface area contributed by atoms with Gasteiger partial charge >= 0.3 is 0 Å². The number of halogens is 1. The highest BCUT2D eigenvalue weighted by Crippen LogP contribution is 2.26. The molecular formula is C19H21ClN2O. The summed E-state index contributed by atoms with van der Waals surface area (Å²) in [4.78, 5) is 4.41. The van der Waals surface area contributed by atoms with Crippen LogP contribution in [0.25, 0.3) is 11.0 Å². The summed E-state index contributed by atoms with van der Waals surface area (Å²) in [5, 5.41) is 0.823. The van der Waals surface area contributed by atoms with Gasteiger partial charge in [-0.3, -0.25) is 0 Å². The van der Waals surface area contributed by atoms with Crippen LogP contribution in [0.15, 0.2) is 42.7 Å². The van der Waals surface area contributed by atoms with E-state index in [2.05, 4.69) is 21.7 Å².